The second-order valence-electron chi connectivity index (χ2n) is 6.38. The summed E-state index contributed by atoms with van der Waals surface area (Å²) >= 11 is 1.72. The van der Waals surface area contributed by atoms with Crippen molar-refractivity contribution >= 4 is 39.6 Å². The van der Waals surface area contributed by atoms with E-state index in [9.17, 15) is 0 Å². The minimum atomic E-state index is 0.451. The molecule has 2 aromatic carbocycles. The minimum Gasteiger partial charge on any atom is -0.384 e. The summed E-state index contributed by atoms with van der Waals surface area (Å²) < 4.78 is 0. The molecular formula is C21H17N5S. The summed E-state index contributed by atoms with van der Waals surface area (Å²) in [6, 6.07) is 20.5. The topological polar surface area (TPSA) is 83.4 Å². The lowest BCUT2D eigenvalue weighted by atomic mass is 10.1. The van der Waals surface area contributed by atoms with Crippen LogP contribution in [0.4, 0.5) is 5.82 Å². The van der Waals surface area contributed by atoms with E-state index in [2.05, 4.69) is 68.7 Å². The highest BCUT2D eigenvalue weighted by Gasteiger charge is 2.14. The van der Waals surface area contributed by atoms with Gasteiger partial charge in [-0.05, 0) is 36.6 Å². The van der Waals surface area contributed by atoms with Gasteiger partial charge in [0.05, 0.1) is 5.52 Å². The predicted molar refractivity (Wildman–Crippen MR) is 113 cm³/mol. The predicted octanol–water partition coefficient (Wildman–Crippen LogP) is 5.08. The number of nitrogens with zero attached hydrogens (tertiary/aromatic N) is 2. The summed E-state index contributed by atoms with van der Waals surface area (Å²) in [5.74, 6) is 1.24. The van der Waals surface area contributed by atoms with Gasteiger partial charge in [0.2, 0.25) is 0 Å². The smallest absolute Gasteiger partial charge is 0.180 e. The Hall–Kier alpha value is -3.25. The van der Waals surface area contributed by atoms with Crippen LogP contribution in [0.15, 0.2) is 65.6 Å². The fourth-order valence-electron chi connectivity index (χ4n) is 3.32. The van der Waals surface area contributed by atoms with Crippen molar-refractivity contribution in [1.29, 1.82) is 0 Å². The van der Waals surface area contributed by atoms with E-state index < -0.39 is 0 Å². The van der Waals surface area contributed by atoms with E-state index in [0.717, 1.165) is 39.1 Å². The highest BCUT2D eigenvalue weighted by Crippen LogP contribution is 2.32. The van der Waals surface area contributed by atoms with Gasteiger partial charge in [0.25, 0.3) is 0 Å². The van der Waals surface area contributed by atoms with Crippen molar-refractivity contribution in [3.63, 3.8) is 0 Å². The number of aromatic amines is 2. The number of hydrogen-bond donors (Lipinski definition) is 3. The molecule has 0 aliphatic carbocycles. The van der Waals surface area contributed by atoms with E-state index in [1.165, 1.54) is 4.90 Å². The van der Waals surface area contributed by atoms with Crippen LogP contribution >= 0.6 is 11.8 Å². The Labute approximate surface area is 160 Å². The molecule has 0 atom stereocenters. The van der Waals surface area contributed by atoms with Gasteiger partial charge in [-0.15, -0.1) is 11.8 Å². The van der Waals surface area contributed by atoms with Crippen LogP contribution in [0.1, 0.15) is 0 Å². The SMILES string of the molecule is CSc1ccc(-c2nc3nc(N)cc(-c4cc5ccccc5[nH]4)c3[nH]2)cc1. The maximum absolute atomic E-state index is 6.06. The van der Waals surface area contributed by atoms with E-state index >= 15 is 0 Å². The molecular weight excluding hydrogens is 354 g/mol. The van der Waals surface area contributed by atoms with Gasteiger partial charge in [-0.1, -0.05) is 30.3 Å². The molecule has 132 valence electrons. The van der Waals surface area contributed by atoms with Crippen molar-refractivity contribution in [2.24, 2.45) is 0 Å². The molecule has 4 N–H and O–H groups in total. The molecule has 5 aromatic rings. The van der Waals surface area contributed by atoms with Crippen molar-refractivity contribution in [3.8, 4) is 22.6 Å². The number of aromatic nitrogens is 4. The van der Waals surface area contributed by atoms with E-state index in [1.54, 1.807) is 11.8 Å². The maximum atomic E-state index is 6.06. The Balaban J connectivity index is 1.69. The van der Waals surface area contributed by atoms with Crippen LogP contribution in [0.3, 0.4) is 0 Å². The van der Waals surface area contributed by atoms with Gasteiger partial charge in [-0.3, -0.25) is 0 Å². The van der Waals surface area contributed by atoms with Gasteiger partial charge in [0.15, 0.2) is 5.65 Å². The first-order chi connectivity index (χ1) is 13.2. The number of pyridine rings is 1. The molecule has 5 nitrogen and oxygen atoms in total. The van der Waals surface area contributed by atoms with Gasteiger partial charge in [-0.25, -0.2) is 9.97 Å². The Morgan fingerprint density at radius 1 is 0.926 bits per heavy atom. The third-order valence-electron chi connectivity index (χ3n) is 4.66. The van der Waals surface area contributed by atoms with Crippen molar-refractivity contribution in [2.45, 2.75) is 4.90 Å². The summed E-state index contributed by atoms with van der Waals surface area (Å²) in [7, 11) is 0. The number of thioether (sulfide) groups is 1. The summed E-state index contributed by atoms with van der Waals surface area (Å²) in [4.78, 5) is 17.2. The average Bonchev–Trinajstić information content (AvgIpc) is 3.31. The third kappa shape index (κ3) is 2.74. The molecule has 0 saturated heterocycles. The van der Waals surface area contributed by atoms with Gasteiger partial charge in [0, 0.05) is 32.6 Å². The number of nitrogens with two attached hydrogens (primary N) is 1. The fourth-order valence-corrected chi connectivity index (χ4v) is 3.73. The number of nitrogen functional groups attached to an aromatic ring is 1. The number of nitrogens with one attached hydrogen (secondary N) is 2. The van der Waals surface area contributed by atoms with E-state index in [1.807, 2.05) is 18.2 Å². The Kier molecular flexibility index (Phi) is 3.65. The number of imidazole rings is 1. The number of rotatable bonds is 3. The lowest BCUT2D eigenvalue weighted by Gasteiger charge is -2.01. The molecule has 0 aliphatic heterocycles. The van der Waals surface area contributed by atoms with E-state index in [-0.39, 0.29) is 0 Å². The first-order valence-electron chi connectivity index (χ1n) is 8.60. The lowest BCUT2D eigenvalue weighted by molar-refractivity contribution is 1.30. The molecule has 0 radical (unpaired) electrons. The number of para-hydroxylation sites is 1. The third-order valence-corrected chi connectivity index (χ3v) is 5.41. The quantitative estimate of drug-likeness (QED) is 0.386. The van der Waals surface area contributed by atoms with Crippen molar-refractivity contribution in [3.05, 3.63) is 60.7 Å². The summed E-state index contributed by atoms with van der Waals surface area (Å²) in [6.07, 6.45) is 2.06. The van der Waals surface area contributed by atoms with Crippen LogP contribution in [0.2, 0.25) is 0 Å². The monoisotopic (exact) mass is 371 g/mol. The summed E-state index contributed by atoms with van der Waals surface area (Å²) in [6.45, 7) is 0. The van der Waals surface area contributed by atoms with Gasteiger partial charge in [0.1, 0.15) is 11.6 Å². The Bertz CT molecular complexity index is 1230. The van der Waals surface area contributed by atoms with Crippen molar-refractivity contribution < 1.29 is 0 Å². The van der Waals surface area contributed by atoms with Crippen molar-refractivity contribution in [1.82, 2.24) is 19.9 Å². The molecule has 3 aromatic heterocycles. The molecule has 0 bridgehead atoms. The van der Waals surface area contributed by atoms with Gasteiger partial charge < -0.3 is 15.7 Å². The second-order valence-corrected chi connectivity index (χ2v) is 7.26. The standard InChI is InChI=1S/C21H17N5S/c1-27-14-8-6-12(7-9-14)20-25-19-15(11-18(22)24-21(19)26-20)17-10-13-4-2-3-5-16(13)23-17/h2-11,23H,1H3,(H3,22,24,25,26). The van der Waals surface area contributed by atoms with Gasteiger partial charge >= 0.3 is 0 Å². The highest BCUT2D eigenvalue weighted by molar-refractivity contribution is 7.98. The van der Waals surface area contributed by atoms with E-state index in [0.29, 0.717) is 11.5 Å². The molecule has 0 fully saturated rings. The zero-order valence-corrected chi connectivity index (χ0v) is 15.5. The number of fused-ring (bicyclic) bond motifs is 2. The van der Waals surface area contributed by atoms with Crippen LogP contribution < -0.4 is 5.73 Å². The summed E-state index contributed by atoms with van der Waals surface area (Å²) in [5, 5.41) is 1.16. The van der Waals surface area contributed by atoms with E-state index in [4.69, 9.17) is 5.73 Å². The molecule has 27 heavy (non-hydrogen) atoms. The minimum absolute atomic E-state index is 0.451. The zero-order valence-electron chi connectivity index (χ0n) is 14.7. The largest absolute Gasteiger partial charge is 0.384 e. The van der Waals surface area contributed by atoms with Crippen LogP contribution in [-0.4, -0.2) is 26.2 Å². The molecule has 0 spiro atoms. The van der Waals surface area contributed by atoms with Crippen LogP contribution in [0.5, 0.6) is 0 Å². The summed E-state index contributed by atoms with van der Waals surface area (Å²) in [5.41, 5.74) is 11.6. The molecule has 3 heterocycles. The number of H-pyrrole nitrogens is 2. The highest BCUT2D eigenvalue weighted by atomic mass is 32.2. The van der Waals surface area contributed by atoms with Gasteiger partial charge in [-0.2, -0.15) is 0 Å². The maximum Gasteiger partial charge on any atom is 0.180 e. The number of anilines is 1. The zero-order chi connectivity index (χ0) is 18.4. The molecule has 0 saturated carbocycles. The molecule has 5 rings (SSSR count). The number of benzene rings is 2. The second kappa shape index (κ2) is 6.17. The molecule has 0 aliphatic rings. The fraction of sp³-hybridized carbons (Fsp3) is 0.0476. The van der Waals surface area contributed by atoms with Crippen LogP contribution in [0.25, 0.3) is 44.7 Å². The van der Waals surface area contributed by atoms with Crippen LogP contribution in [0, 0.1) is 0 Å². The van der Waals surface area contributed by atoms with Crippen molar-refractivity contribution in [2.75, 3.05) is 12.0 Å². The first-order valence-corrected chi connectivity index (χ1v) is 9.82. The number of hydrogen-bond acceptors (Lipinski definition) is 4. The molecule has 6 heteroatoms. The van der Waals surface area contributed by atoms with Crippen LogP contribution in [-0.2, 0) is 0 Å². The molecule has 0 amide bonds. The lowest BCUT2D eigenvalue weighted by Crippen LogP contribution is -1.92. The Morgan fingerprint density at radius 2 is 1.74 bits per heavy atom. The average molecular weight is 371 g/mol. The first kappa shape index (κ1) is 16.0. The normalized spacial score (nSPS) is 11.4. The Morgan fingerprint density at radius 3 is 2.52 bits per heavy atom. The molecule has 0 unspecified atom stereocenters.